The smallest absolute Gasteiger partial charge is 0.194 e. The lowest BCUT2D eigenvalue weighted by Crippen LogP contribution is -2.52. The minimum atomic E-state index is 0.286. The molecule has 0 aliphatic carbocycles. The van der Waals surface area contributed by atoms with Gasteiger partial charge in [-0.1, -0.05) is 24.2 Å². The third-order valence-corrected chi connectivity index (χ3v) is 5.38. The van der Waals surface area contributed by atoms with Crippen molar-refractivity contribution in [2.75, 3.05) is 44.2 Å². The van der Waals surface area contributed by atoms with E-state index in [-0.39, 0.29) is 5.92 Å². The zero-order valence-corrected chi connectivity index (χ0v) is 17.8. The Kier molecular flexibility index (Phi) is 6.60. The Morgan fingerprint density at radius 1 is 1.21 bits per heavy atom. The van der Waals surface area contributed by atoms with E-state index in [0.717, 1.165) is 56.7 Å². The van der Waals surface area contributed by atoms with Gasteiger partial charge in [0.2, 0.25) is 0 Å². The molecule has 6 nitrogen and oxygen atoms in total. The van der Waals surface area contributed by atoms with Crippen LogP contribution in [0, 0.1) is 20.8 Å². The van der Waals surface area contributed by atoms with Crippen molar-refractivity contribution in [3.63, 3.8) is 0 Å². The van der Waals surface area contributed by atoms with Gasteiger partial charge in [0.05, 0.1) is 5.69 Å². The third kappa shape index (κ3) is 4.66. The molecule has 152 valence electrons. The number of aliphatic imine (C=N–C) groups is 1. The van der Waals surface area contributed by atoms with Crippen LogP contribution < -0.4 is 10.2 Å². The molecule has 0 saturated carbocycles. The quantitative estimate of drug-likeness (QED) is 0.633. The molecule has 0 bridgehead atoms. The zero-order valence-electron chi connectivity index (χ0n) is 17.8. The molecule has 1 aliphatic rings. The molecular formula is C22H33N5O. The Morgan fingerprint density at radius 2 is 1.96 bits per heavy atom. The van der Waals surface area contributed by atoms with E-state index in [2.05, 4.69) is 65.3 Å². The molecule has 28 heavy (non-hydrogen) atoms. The van der Waals surface area contributed by atoms with Gasteiger partial charge in [0.25, 0.3) is 0 Å². The summed E-state index contributed by atoms with van der Waals surface area (Å²) in [5.74, 6) is 2.19. The fourth-order valence-corrected chi connectivity index (χ4v) is 3.94. The van der Waals surface area contributed by atoms with Gasteiger partial charge in [-0.2, -0.15) is 0 Å². The van der Waals surface area contributed by atoms with Crippen molar-refractivity contribution < 1.29 is 4.52 Å². The minimum Gasteiger partial charge on any atom is -0.368 e. The largest absolute Gasteiger partial charge is 0.368 e. The highest BCUT2D eigenvalue weighted by Gasteiger charge is 2.21. The average molecular weight is 384 g/mol. The van der Waals surface area contributed by atoms with Crippen LogP contribution in [-0.4, -0.2) is 55.3 Å². The van der Waals surface area contributed by atoms with Gasteiger partial charge in [-0.15, -0.1) is 0 Å². The second-order valence-electron chi connectivity index (χ2n) is 7.65. The van der Waals surface area contributed by atoms with E-state index >= 15 is 0 Å². The predicted molar refractivity (Wildman–Crippen MR) is 115 cm³/mol. The summed E-state index contributed by atoms with van der Waals surface area (Å²) >= 11 is 0. The maximum absolute atomic E-state index is 5.32. The van der Waals surface area contributed by atoms with Crippen LogP contribution in [0.25, 0.3) is 0 Å². The Hall–Kier alpha value is -2.50. The SMILES string of the molecule is CCNC(=NCC(C)c1c(C)noc1C)N1CCN(c2cccc(C)c2)CC1. The molecule has 2 aromatic rings. The summed E-state index contributed by atoms with van der Waals surface area (Å²) in [5.41, 5.74) is 4.78. The molecule has 2 heterocycles. The second kappa shape index (κ2) is 9.13. The van der Waals surface area contributed by atoms with Crippen LogP contribution in [0.3, 0.4) is 0 Å². The van der Waals surface area contributed by atoms with Crippen molar-refractivity contribution in [3.05, 3.63) is 46.8 Å². The normalized spacial score (nSPS) is 16.4. The molecule has 1 unspecified atom stereocenters. The summed E-state index contributed by atoms with van der Waals surface area (Å²) in [7, 11) is 0. The highest BCUT2D eigenvalue weighted by Crippen LogP contribution is 2.23. The second-order valence-corrected chi connectivity index (χ2v) is 7.65. The molecule has 3 rings (SSSR count). The van der Waals surface area contributed by atoms with Gasteiger partial charge >= 0.3 is 0 Å². The topological polar surface area (TPSA) is 56.9 Å². The Morgan fingerprint density at radius 3 is 2.57 bits per heavy atom. The summed E-state index contributed by atoms with van der Waals surface area (Å²) in [6.07, 6.45) is 0. The molecular weight excluding hydrogens is 350 g/mol. The number of aromatic nitrogens is 1. The van der Waals surface area contributed by atoms with E-state index in [1.807, 2.05) is 13.8 Å². The fraction of sp³-hybridized carbons (Fsp3) is 0.545. The number of nitrogens with one attached hydrogen (secondary N) is 1. The number of benzene rings is 1. The first-order valence-electron chi connectivity index (χ1n) is 10.3. The molecule has 0 spiro atoms. The zero-order chi connectivity index (χ0) is 20.1. The third-order valence-electron chi connectivity index (χ3n) is 5.38. The van der Waals surface area contributed by atoms with E-state index in [4.69, 9.17) is 9.52 Å². The lowest BCUT2D eigenvalue weighted by atomic mass is 10.00. The maximum atomic E-state index is 5.32. The first kappa shape index (κ1) is 20.2. The molecule has 0 radical (unpaired) electrons. The van der Waals surface area contributed by atoms with Gasteiger partial charge in [-0.3, -0.25) is 4.99 Å². The number of hydrogen-bond donors (Lipinski definition) is 1. The van der Waals surface area contributed by atoms with Crippen LogP contribution in [0.1, 0.15) is 42.3 Å². The lowest BCUT2D eigenvalue weighted by Gasteiger charge is -2.38. The summed E-state index contributed by atoms with van der Waals surface area (Å²) in [4.78, 5) is 9.76. The molecule has 1 fully saturated rings. The van der Waals surface area contributed by atoms with E-state index < -0.39 is 0 Å². The van der Waals surface area contributed by atoms with Crippen molar-refractivity contribution in [3.8, 4) is 0 Å². The number of piperazine rings is 1. The van der Waals surface area contributed by atoms with Crippen LogP contribution in [0.15, 0.2) is 33.8 Å². The van der Waals surface area contributed by atoms with E-state index in [0.29, 0.717) is 0 Å². The molecule has 1 saturated heterocycles. The van der Waals surface area contributed by atoms with Crippen LogP contribution in [-0.2, 0) is 0 Å². The van der Waals surface area contributed by atoms with Gasteiger partial charge < -0.3 is 19.6 Å². The van der Waals surface area contributed by atoms with E-state index in [1.165, 1.54) is 16.8 Å². The number of rotatable bonds is 5. The van der Waals surface area contributed by atoms with Gasteiger partial charge in [0, 0.05) is 56.4 Å². The highest BCUT2D eigenvalue weighted by molar-refractivity contribution is 5.80. The Labute approximate surface area is 168 Å². The maximum Gasteiger partial charge on any atom is 0.194 e. The number of aryl methyl sites for hydroxylation is 3. The van der Waals surface area contributed by atoms with Crippen molar-refractivity contribution in [1.82, 2.24) is 15.4 Å². The summed E-state index contributed by atoms with van der Waals surface area (Å²) in [6, 6.07) is 8.75. The minimum absolute atomic E-state index is 0.286. The first-order chi connectivity index (χ1) is 13.5. The van der Waals surface area contributed by atoms with Gasteiger partial charge in [-0.05, 0) is 45.4 Å². The van der Waals surface area contributed by atoms with Crippen LogP contribution in [0.4, 0.5) is 5.69 Å². The summed E-state index contributed by atoms with van der Waals surface area (Å²) in [5, 5.41) is 7.54. The summed E-state index contributed by atoms with van der Waals surface area (Å²) in [6.45, 7) is 16.0. The van der Waals surface area contributed by atoms with Crippen molar-refractivity contribution >= 4 is 11.6 Å². The van der Waals surface area contributed by atoms with Crippen LogP contribution >= 0.6 is 0 Å². The molecule has 1 N–H and O–H groups in total. The Bertz CT molecular complexity index is 786. The van der Waals surface area contributed by atoms with Gasteiger partial charge in [-0.25, -0.2) is 0 Å². The van der Waals surface area contributed by atoms with Crippen LogP contribution in [0.5, 0.6) is 0 Å². The monoisotopic (exact) mass is 383 g/mol. The Balaban J connectivity index is 1.63. The van der Waals surface area contributed by atoms with Crippen molar-refractivity contribution in [1.29, 1.82) is 0 Å². The van der Waals surface area contributed by atoms with E-state index in [9.17, 15) is 0 Å². The van der Waals surface area contributed by atoms with Crippen molar-refractivity contribution in [2.45, 2.75) is 40.5 Å². The standard InChI is InChI=1S/C22H33N5O/c1-6-23-22(24-15-17(3)21-18(4)25-28-19(21)5)27-12-10-26(11-13-27)20-9-7-8-16(2)14-20/h7-9,14,17H,6,10-13,15H2,1-5H3,(H,23,24). The summed E-state index contributed by atoms with van der Waals surface area (Å²) < 4.78 is 5.32. The van der Waals surface area contributed by atoms with Gasteiger partial charge in [0.15, 0.2) is 5.96 Å². The molecule has 1 aliphatic heterocycles. The lowest BCUT2D eigenvalue weighted by molar-refractivity contribution is 0.372. The number of anilines is 1. The van der Waals surface area contributed by atoms with E-state index in [1.54, 1.807) is 0 Å². The average Bonchev–Trinajstić information content (AvgIpc) is 3.03. The molecule has 1 atom stereocenters. The molecule has 6 heteroatoms. The number of nitrogens with zero attached hydrogens (tertiary/aromatic N) is 4. The molecule has 1 aromatic carbocycles. The fourth-order valence-electron chi connectivity index (χ4n) is 3.94. The van der Waals surface area contributed by atoms with Gasteiger partial charge in [0.1, 0.15) is 5.76 Å². The van der Waals surface area contributed by atoms with Crippen molar-refractivity contribution in [2.24, 2.45) is 4.99 Å². The number of guanidine groups is 1. The highest BCUT2D eigenvalue weighted by atomic mass is 16.5. The first-order valence-corrected chi connectivity index (χ1v) is 10.3. The van der Waals surface area contributed by atoms with Crippen LogP contribution in [0.2, 0.25) is 0 Å². The predicted octanol–water partition coefficient (Wildman–Crippen LogP) is 3.49. The number of hydrogen-bond acceptors (Lipinski definition) is 4. The molecule has 1 aromatic heterocycles. The molecule has 0 amide bonds.